The van der Waals surface area contributed by atoms with Crippen LogP contribution in [0.5, 0.6) is 0 Å². The van der Waals surface area contributed by atoms with Crippen LogP contribution in [0.25, 0.3) is 11.5 Å². The lowest BCUT2D eigenvalue weighted by Crippen LogP contribution is -2.30. The maximum absolute atomic E-state index is 12.3. The molecule has 1 amide bonds. The fourth-order valence-corrected chi connectivity index (χ4v) is 2.88. The number of carbonyl (C=O) groups excluding carboxylic acids is 1. The van der Waals surface area contributed by atoms with Crippen molar-refractivity contribution in [3.05, 3.63) is 52.8 Å². The molecule has 0 fully saturated rings. The van der Waals surface area contributed by atoms with Crippen molar-refractivity contribution >= 4 is 11.6 Å². The van der Waals surface area contributed by atoms with Crippen LogP contribution in [-0.4, -0.2) is 34.6 Å². The summed E-state index contributed by atoms with van der Waals surface area (Å²) in [5.74, 6) is 2.32. The fraction of sp³-hybridized carbons (Fsp3) is 0.350. The van der Waals surface area contributed by atoms with Gasteiger partial charge in [-0.1, -0.05) is 12.1 Å². The Morgan fingerprint density at radius 3 is 2.63 bits per heavy atom. The van der Waals surface area contributed by atoms with E-state index in [9.17, 15) is 4.79 Å². The molecular formula is C20H24N4O3. The summed E-state index contributed by atoms with van der Waals surface area (Å²) in [7, 11) is 1.83. The van der Waals surface area contributed by atoms with E-state index in [1.54, 1.807) is 0 Å². The number of rotatable bonds is 6. The monoisotopic (exact) mass is 368 g/mol. The van der Waals surface area contributed by atoms with Gasteiger partial charge in [-0.25, -0.2) is 0 Å². The number of amides is 1. The lowest BCUT2D eigenvalue weighted by Gasteiger charge is -2.15. The molecule has 0 saturated carbocycles. The van der Waals surface area contributed by atoms with E-state index >= 15 is 0 Å². The zero-order valence-corrected chi connectivity index (χ0v) is 16.3. The van der Waals surface area contributed by atoms with Gasteiger partial charge in [-0.2, -0.15) is 0 Å². The minimum absolute atomic E-state index is 0.0905. The molecule has 0 atom stereocenters. The summed E-state index contributed by atoms with van der Waals surface area (Å²) in [6.07, 6.45) is 0. The van der Waals surface area contributed by atoms with Crippen LogP contribution in [0.3, 0.4) is 0 Å². The van der Waals surface area contributed by atoms with Crippen LogP contribution in [-0.2, 0) is 11.3 Å². The van der Waals surface area contributed by atoms with Crippen molar-refractivity contribution in [3.63, 3.8) is 0 Å². The van der Waals surface area contributed by atoms with E-state index < -0.39 is 0 Å². The summed E-state index contributed by atoms with van der Waals surface area (Å²) in [6, 6.07) is 7.72. The summed E-state index contributed by atoms with van der Waals surface area (Å²) in [4.78, 5) is 14.1. The second-order valence-corrected chi connectivity index (χ2v) is 6.80. The molecule has 1 N–H and O–H groups in total. The molecule has 0 saturated heterocycles. The molecule has 7 heteroatoms. The number of hydrogen-bond donors (Lipinski definition) is 1. The maximum atomic E-state index is 12.3. The third-order valence-corrected chi connectivity index (χ3v) is 4.44. The van der Waals surface area contributed by atoms with Crippen LogP contribution in [0.4, 0.5) is 5.69 Å². The van der Waals surface area contributed by atoms with Crippen LogP contribution in [0.1, 0.15) is 28.5 Å². The van der Waals surface area contributed by atoms with Crippen LogP contribution in [0, 0.1) is 27.7 Å². The van der Waals surface area contributed by atoms with Gasteiger partial charge in [0.1, 0.15) is 11.5 Å². The number of nitrogens with one attached hydrogen (secondary N) is 1. The maximum Gasteiger partial charge on any atom is 0.251 e. The van der Waals surface area contributed by atoms with Gasteiger partial charge >= 0.3 is 0 Å². The number of furan rings is 1. The van der Waals surface area contributed by atoms with Gasteiger partial charge < -0.3 is 14.2 Å². The Balaban J connectivity index is 1.59. The number of aromatic nitrogens is 2. The molecule has 3 rings (SSSR count). The van der Waals surface area contributed by atoms with E-state index in [1.165, 1.54) is 0 Å². The van der Waals surface area contributed by atoms with Crippen LogP contribution in [0.15, 0.2) is 33.1 Å². The third-order valence-electron chi connectivity index (χ3n) is 4.44. The lowest BCUT2D eigenvalue weighted by atomic mass is 10.1. The van der Waals surface area contributed by atoms with Crippen molar-refractivity contribution in [2.75, 3.05) is 18.9 Å². The molecule has 0 aliphatic carbocycles. The predicted octanol–water partition coefficient (Wildman–Crippen LogP) is 3.63. The number of carbonyl (C=O) groups is 1. The summed E-state index contributed by atoms with van der Waals surface area (Å²) in [6.45, 7) is 8.34. The van der Waals surface area contributed by atoms with Crippen LogP contribution in [0.2, 0.25) is 0 Å². The number of nitrogens with zero attached hydrogens (tertiary/aromatic N) is 3. The van der Waals surface area contributed by atoms with E-state index in [0.29, 0.717) is 18.3 Å². The van der Waals surface area contributed by atoms with E-state index in [0.717, 1.165) is 33.9 Å². The van der Waals surface area contributed by atoms with Gasteiger partial charge in [-0.15, -0.1) is 10.2 Å². The van der Waals surface area contributed by atoms with Gasteiger partial charge in [-0.05, 0) is 58.0 Å². The summed E-state index contributed by atoms with van der Waals surface area (Å²) >= 11 is 0. The molecule has 0 radical (unpaired) electrons. The van der Waals surface area contributed by atoms with Crippen LogP contribution < -0.4 is 5.32 Å². The molecule has 0 aliphatic heterocycles. The van der Waals surface area contributed by atoms with Gasteiger partial charge in [0.05, 0.1) is 18.7 Å². The second-order valence-electron chi connectivity index (χ2n) is 6.80. The summed E-state index contributed by atoms with van der Waals surface area (Å²) in [5.41, 5.74) is 3.84. The third kappa shape index (κ3) is 4.43. The standard InChI is InChI=1S/C20H24N4O3/c1-12-7-6-8-17(14(12)3)21-18(25)10-24(5)11-19-22-23-20(27-19)16-9-13(2)26-15(16)4/h6-9H,10-11H2,1-5H3,(H,21,25). The topological polar surface area (TPSA) is 84.4 Å². The number of likely N-dealkylation sites (N-methyl/N-ethyl adjacent to an activating group) is 1. The Morgan fingerprint density at radius 1 is 1.15 bits per heavy atom. The van der Waals surface area contributed by atoms with Gasteiger partial charge in [-0.3, -0.25) is 9.69 Å². The average molecular weight is 368 g/mol. The molecule has 3 aromatic rings. The van der Waals surface area contributed by atoms with E-state index in [1.807, 2.05) is 63.9 Å². The predicted molar refractivity (Wildman–Crippen MR) is 102 cm³/mol. The smallest absolute Gasteiger partial charge is 0.251 e. The molecule has 0 aliphatic rings. The van der Waals surface area contributed by atoms with Crippen molar-refractivity contribution in [1.29, 1.82) is 0 Å². The minimum atomic E-state index is -0.0905. The Morgan fingerprint density at radius 2 is 1.93 bits per heavy atom. The Bertz CT molecular complexity index is 958. The normalized spacial score (nSPS) is 11.2. The second kappa shape index (κ2) is 7.75. The Labute approximate surface area is 158 Å². The van der Waals surface area contributed by atoms with Crippen molar-refractivity contribution in [2.45, 2.75) is 34.2 Å². The van der Waals surface area contributed by atoms with E-state index in [-0.39, 0.29) is 12.5 Å². The molecule has 0 bridgehead atoms. The van der Waals surface area contributed by atoms with Crippen molar-refractivity contribution in [3.8, 4) is 11.5 Å². The Hall–Kier alpha value is -2.93. The van der Waals surface area contributed by atoms with Crippen LogP contribution >= 0.6 is 0 Å². The molecule has 1 aromatic carbocycles. The highest BCUT2D eigenvalue weighted by Crippen LogP contribution is 2.25. The van der Waals surface area contributed by atoms with E-state index in [2.05, 4.69) is 15.5 Å². The number of benzene rings is 1. The first-order valence-electron chi connectivity index (χ1n) is 8.78. The molecular weight excluding hydrogens is 344 g/mol. The SMILES string of the molecule is Cc1cc(-c2nnc(CN(C)CC(=O)Nc3cccc(C)c3C)o2)c(C)o1. The molecule has 2 aromatic heterocycles. The van der Waals surface area contributed by atoms with Gasteiger partial charge in [0.2, 0.25) is 11.8 Å². The largest absolute Gasteiger partial charge is 0.466 e. The number of anilines is 1. The zero-order chi connectivity index (χ0) is 19.6. The highest BCUT2D eigenvalue weighted by atomic mass is 16.4. The highest BCUT2D eigenvalue weighted by molar-refractivity contribution is 5.93. The van der Waals surface area contributed by atoms with Gasteiger partial charge in [0.25, 0.3) is 5.89 Å². The number of aryl methyl sites for hydroxylation is 3. The summed E-state index contributed by atoms with van der Waals surface area (Å²) in [5, 5.41) is 11.1. The van der Waals surface area contributed by atoms with Crippen molar-refractivity contribution < 1.29 is 13.6 Å². The first kappa shape index (κ1) is 18.8. The average Bonchev–Trinajstić information content (AvgIpc) is 3.17. The molecule has 142 valence electrons. The van der Waals surface area contributed by atoms with Gasteiger partial charge in [0.15, 0.2) is 0 Å². The molecule has 27 heavy (non-hydrogen) atoms. The summed E-state index contributed by atoms with van der Waals surface area (Å²) < 4.78 is 11.2. The van der Waals surface area contributed by atoms with Crippen molar-refractivity contribution in [1.82, 2.24) is 15.1 Å². The van der Waals surface area contributed by atoms with E-state index in [4.69, 9.17) is 8.83 Å². The molecule has 0 spiro atoms. The number of hydrogen-bond acceptors (Lipinski definition) is 6. The first-order valence-corrected chi connectivity index (χ1v) is 8.78. The lowest BCUT2D eigenvalue weighted by molar-refractivity contribution is -0.117. The van der Waals surface area contributed by atoms with Gasteiger partial charge in [0, 0.05) is 5.69 Å². The Kier molecular flexibility index (Phi) is 5.41. The quantitative estimate of drug-likeness (QED) is 0.715. The minimum Gasteiger partial charge on any atom is -0.466 e. The molecule has 0 unspecified atom stereocenters. The first-order chi connectivity index (χ1) is 12.8. The fourth-order valence-electron chi connectivity index (χ4n) is 2.88. The van der Waals surface area contributed by atoms with Crippen molar-refractivity contribution in [2.24, 2.45) is 0 Å². The highest BCUT2D eigenvalue weighted by Gasteiger charge is 2.16. The molecule has 7 nitrogen and oxygen atoms in total. The molecule has 2 heterocycles. The zero-order valence-electron chi connectivity index (χ0n) is 16.3.